The molecule has 1 aliphatic heterocycles. The molecule has 1 saturated heterocycles. The maximum atomic E-state index is 13.8. The number of hydrogen-bond acceptors (Lipinski definition) is 4. The highest BCUT2D eigenvalue weighted by molar-refractivity contribution is 5.74. The summed E-state index contributed by atoms with van der Waals surface area (Å²) in [6.45, 7) is 6.82. The molecule has 1 unspecified atom stereocenters. The van der Waals surface area contributed by atoms with E-state index < -0.39 is 0 Å². The summed E-state index contributed by atoms with van der Waals surface area (Å²) in [5, 5.41) is 12.1. The zero-order valence-electron chi connectivity index (χ0n) is 15.1. The molecule has 0 saturated carbocycles. The molecule has 6 nitrogen and oxygen atoms in total. The number of aliphatic hydroxyl groups excluding tert-OH is 1. The van der Waals surface area contributed by atoms with Crippen molar-refractivity contribution in [2.24, 2.45) is 0 Å². The number of piperazine rings is 1. The first-order valence-electron chi connectivity index (χ1n) is 8.81. The zero-order valence-corrected chi connectivity index (χ0v) is 15.1. The summed E-state index contributed by atoms with van der Waals surface area (Å²) >= 11 is 0. The summed E-state index contributed by atoms with van der Waals surface area (Å²) in [6, 6.07) is 6.34. The van der Waals surface area contributed by atoms with E-state index in [1.54, 1.807) is 18.2 Å². The largest absolute Gasteiger partial charge is 0.395 e. The molecule has 0 aromatic heterocycles. The van der Waals surface area contributed by atoms with Crippen molar-refractivity contribution in [3.8, 4) is 0 Å². The molecule has 0 radical (unpaired) electrons. The van der Waals surface area contributed by atoms with Gasteiger partial charge in [-0.1, -0.05) is 18.2 Å². The molecule has 2 rings (SSSR count). The number of aliphatic hydroxyl groups is 1. The van der Waals surface area contributed by atoms with Gasteiger partial charge in [-0.15, -0.1) is 0 Å². The fraction of sp³-hybridized carbons (Fsp3) is 0.611. The van der Waals surface area contributed by atoms with Crippen molar-refractivity contribution in [2.75, 3.05) is 52.9 Å². The van der Waals surface area contributed by atoms with Crippen LogP contribution in [-0.2, 0) is 6.54 Å². The first-order chi connectivity index (χ1) is 12.0. The maximum absolute atomic E-state index is 13.8. The van der Waals surface area contributed by atoms with Crippen molar-refractivity contribution in [1.29, 1.82) is 0 Å². The van der Waals surface area contributed by atoms with Crippen molar-refractivity contribution in [2.45, 2.75) is 19.5 Å². The maximum Gasteiger partial charge on any atom is 0.317 e. The third kappa shape index (κ3) is 5.95. The number of nitrogens with one attached hydrogen (secondary N) is 1. The van der Waals surface area contributed by atoms with Crippen LogP contribution in [-0.4, -0.2) is 84.8 Å². The number of nitrogens with zero attached hydrogens (tertiary/aromatic N) is 3. The second-order valence-electron chi connectivity index (χ2n) is 6.61. The van der Waals surface area contributed by atoms with Gasteiger partial charge in [0.2, 0.25) is 0 Å². The van der Waals surface area contributed by atoms with Gasteiger partial charge < -0.3 is 20.2 Å². The number of halogens is 1. The Balaban J connectivity index is 1.86. The number of rotatable bonds is 7. The molecule has 0 spiro atoms. The van der Waals surface area contributed by atoms with Crippen LogP contribution >= 0.6 is 0 Å². The molecule has 1 heterocycles. The highest BCUT2D eigenvalue weighted by atomic mass is 19.1. The van der Waals surface area contributed by atoms with Gasteiger partial charge in [-0.25, -0.2) is 9.18 Å². The van der Waals surface area contributed by atoms with Gasteiger partial charge in [-0.3, -0.25) is 4.90 Å². The molecule has 0 aliphatic carbocycles. The summed E-state index contributed by atoms with van der Waals surface area (Å²) in [4.78, 5) is 18.5. The highest BCUT2D eigenvalue weighted by Gasteiger charge is 2.21. The standard InChI is InChI=1S/C18H29FN4O2/c1-15(22-9-7-21(2)8-10-22)13-20-18(25)23(11-12-24)14-16-5-3-4-6-17(16)19/h3-6,15,24H,7-14H2,1-2H3,(H,20,25). The third-order valence-corrected chi connectivity index (χ3v) is 4.69. The molecule has 0 bridgehead atoms. The molecule has 1 aliphatic rings. The van der Waals surface area contributed by atoms with Crippen LogP contribution in [0.4, 0.5) is 9.18 Å². The molecular weight excluding hydrogens is 323 g/mol. The Morgan fingerprint density at radius 2 is 2.00 bits per heavy atom. The van der Waals surface area contributed by atoms with E-state index in [1.807, 2.05) is 0 Å². The fourth-order valence-electron chi connectivity index (χ4n) is 2.94. The van der Waals surface area contributed by atoms with Crippen LogP contribution in [0.2, 0.25) is 0 Å². The minimum atomic E-state index is -0.343. The number of hydrogen-bond donors (Lipinski definition) is 2. The lowest BCUT2D eigenvalue weighted by molar-refractivity contribution is 0.116. The Hall–Kier alpha value is -1.70. The number of benzene rings is 1. The average molecular weight is 352 g/mol. The van der Waals surface area contributed by atoms with E-state index in [-0.39, 0.29) is 37.6 Å². The van der Waals surface area contributed by atoms with E-state index in [2.05, 4.69) is 29.1 Å². The van der Waals surface area contributed by atoms with E-state index in [0.29, 0.717) is 12.1 Å². The molecular formula is C18H29FN4O2. The summed E-state index contributed by atoms with van der Waals surface area (Å²) in [5.41, 5.74) is 0.443. The molecule has 2 amide bonds. The van der Waals surface area contributed by atoms with Crippen molar-refractivity contribution in [3.05, 3.63) is 35.6 Å². The Morgan fingerprint density at radius 1 is 1.32 bits per heavy atom. The van der Waals surface area contributed by atoms with E-state index in [9.17, 15) is 14.3 Å². The van der Waals surface area contributed by atoms with Crippen LogP contribution in [0.3, 0.4) is 0 Å². The van der Waals surface area contributed by atoms with Crippen LogP contribution in [0, 0.1) is 5.82 Å². The van der Waals surface area contributed by atoms with Crippen LogP contribution < -0.4 is 5.32 Å². The quantitative estimate of drug-likeness (QED) is 0.768. The SMILES string of the molecule is CC(CNC(=O)N(CCO)Cc1ccccc1F)N1CCN(C)CC1. The Labute approximate surface area is 149 Å². The molecule has 1 aromatic carbocycles. The molecule has 2 N–H and O–H groups in total. The zero-order chi connectivity index (χ0) is 18.2. The second kappa shape index (κ2) is 9.70. The predicted octanol–water partition coefficient (Wildman–Crippen LogP) is 0.965. The third-order valence-electron chi connectivity index (χ3n) is 4.69. The smallest absolute Gasteiger partial charge is 0.317 e. The molecule has 140 valence electrons. The Morgan fingerprint density at radius 3 is 2.64 bits per heavy atom. The number of urea groups is 1. The van der Waals surface area contributed by atoms with E-state index >= 15 is 0 Å². The minimum Gasteiger partial charge on any atom is -0.395 e. The average Bonchev–Trinajstić information content (AvgIpc) is 2.61. The molecule has 1 atom stereocenters. The van der Waals surface area contributed by atoms with Crippen molar-refractivity contribution < 1.29 is 14.3 Å². The fourth-order valence-corrected chi connectivity index (χ4v) is 2.94. The number of likely N-dealkylation sites (N-methyl/N-ethyl adjacent to an activating group) is 1. The molecule has 1 fully saturated rings. The topological polar surface area (TPSA) is 59.1 Å². The number of amides is 2. The molecule has 25 heavy (non-hydrogen) atoms. The van der Waals surface area contributed by atoms with Crippen molar-refractivity contribution >= 4 is 6.03 Å². The van der Waals surface area contributed by atoms with Gasteiger partial charge in [-0.2, -0.15) is 0 Å². The molecule has 7 heteroatoms. The lowest BCUT2D eigenvalue weighted by atomic mass is 10.2. The van der Waals surface area contributed by atoms with Gasteiger partial charge in [0.15, 0.2) is 0 Å². The lowest BCUT2D eigenvalue weighted by Gasteiger charge is -2.36. The first kappa shape index (κ1) is 19.6. The summed E-state index contributed by atoms with van der Waals surface area (Å²) in [6.07, 6.45) is 0. The molecule has 1 aromatic rings. The van der Waals surface area contributed by atoms with Gasteiger partial charge in [0, 0.05) is 50.9 Å². The normalized spacial score (nSPS) is 17.3. The van der Waals surface area contributed by atoms with Gasteiger partial charge in [-0.05, 0) is 20.0 Å². The van der Waals surface area contributed by atoms with Crippen molar-refractivity contribution in [3.63, 3.8) is 0 Å². The minimum absolute atomic E-state index is 0.141. The first-order valence-corrected chi connectivity index (χ1v) is 8.81. The lowest BCUT2D eigenvalue weighted by Crippen LogP contribution is -2.52. The van der Waals surface area contributed by atoms with E-state index in [0.717, 1.165) is 26.2 Å². The number of carbonyl (C=O) groups excluding carboxylic acids is 1. The van der Waals surface area contributed by atoms with Gasteiger partial charge in [0.05, 0.1) is 13.2 Å². The number of carbonyl (C=O) groups is 1. The van der Waals surface area contributed by atoms with E-state index in [1.165, 1.54) is 11.0 Å². The van der Waals surface area contributed by atoms with E-state index in [4.69, 9.17) is 0 Å². The monoisotopic (exact) mass is 352 g/mol. The van der Waals surface area contributed by atoms with Crippen LogP contribution in [0.5, 0.6) is 0 Å². The second-order valence-corrected chi connectivity index (χ2v) is 6.61. The van der Waals surface area contributed by atoms with Gasteiger partial charge in [0.1, 0.15) is 5.82 Å². The Kier molecular flexibility index (Phi) is 7.61. The predicted molar refractivity (Wildman–Crippen MR) is 95.8 cm³/mol. The summed E-state index contributed by atoms with van der Waals surface area (Å²) in [5.74, 6) is -0.343. The van der Waals surface area contributed by atoms with Crippen LogP contribution in [0.15, 0.2) is 24.3 Å². The van der Waals surface area contributed by atoms with Crippen molar-refractivity contribution in [1.82, 2.24) is 20.0 Å². The van der Waals surface area contributed by atoms with Crippen LogP contribution in [0.25, 0.3) is 0 Å². The highest BCUT2D eigenvalue weighted by Crippen LogP contribution is 2.10. The summed E-state index contributed by atoms with van der Waals surface area (Å²) in [7, 11) is 2.11. The van der Waals surface area contributed by atoms with Gasteiger partial charge >= 0.3 is 6.03 Å². The van der Waals surface area contributed by atoms with Crippen LogP contribution in [0.1, 0.15) is 12.5 Å². The summed E-state index contributed by atoms with van der Waals surface area (Å²) < 4.78 is 13.8. The van der Waals surface area contributed by atoms with Gasteiger partial charge in [0.25, 0.3) is 0 Å². The Bertz CT molecular complexity index is 550.